The number of amides is 1. The highest BCUT2D eigenvalue weighted by atomic mass is 32.2. The van der Waals surface area contributed by atoms with Gasteiger partial charge in [-0.1, -0.05) is 60.7 Å². The third-order valence-electron chi connectivity index (χ3n) is 5.86. The molecule has 1 fully saturated rings. The van der Waals surface area contributed by atoms with Gasteiger partial charge in [0.25, 0.3) is 5.91 Å². The molecule has 2 atom stereocenters. The summed E-state index contributed by atoms with van der Waals surface area (Å²) >= 11 is 1.64. The number of thioether (sulfide) groups is 1. The summed E-state index contributed by atoms with van der Waals surface area (Å²) in [5.41, 5.74) is 7.17. The highest BCUT2D eigenvalue weighted by Crippen LogP contribution is 2.56. The molecule has 6 nitrogen and oxygen atoms in total. The first-order chi connectivity index (χ1) is 15.2. The zero-order chi connectivity index (χ0) is 20.8. The topological polar surface area (TPSA) is 70.2 Å². The van der Waals surface area contributed by atoms with Gasteiger partial charge >= 0.3 is 0 Å². The highest BCUT2D eigenvalue weighted by molar-refractivity contribution is 8.01. The van der Waals surface area contributed by atoms with E-state index >= 15 is 0 Å². The molecule has 2 N–H and O–H groups in total. The lowest BCUT2D eigenvalue weighted by atomic mass is 9.91. The smallest absolute Gasteiger partial charge is 0.252 e. The van der Waals surface area contributed by atoms with Crippen LogP contribution in [0.5, 0.6) is 5.75 Å². The summed E-state index contributed by atoms with van der Waals surface area (Å²) in [4.78, 5) is 20.4. The molecule has 2 aliphatic rings. The van der Waals surface area contributed by atoms with E-state index in [4.69, 9.17) is 4.74 Å². The van der Waals surface area contributed by atoms with E-state index in [0.717, 1.165) is 27.9 Å². The number of hydrazine groups is 1. The van der Waals surface area contributed by atoms with Gasteiger partial charge in [0.2, 0.25) is 5.95 Å². The van der Waals surface area contributed by atoms with Crippen LogP contribution < -0.4 is 10.2 Å². The number of H-pyrrole nitrogens is 1. The van der Waals surface area contributed by atoms with Crippen molar-refractivity contribution in [3.63, 3.8) is 0 Å². The average Bonchev–Trinajstić information content (AvgIpc) is 3.36. The second-order valence-corrected chi connectivity index (χ2v) is 8.99. The zero-order valence-electron chi connectivity index (χ0n) is 16.6. The molecule has 0 aliphatic carbocycles. The van der Waals surface area contributed by atoms with Gasteiger partial charge in [-0.25, -0.2) is 9.99 Å². The van der Waals surface area contributed by atoms with Gasteiger partial charge in [0.15, 0.2) is 0 Å². The van der Waals surface area contributed by atoms with Gasteiger partial charge in [0.1, 0.15) is 16.7 Å². The van der Waals surface area contributed by atoms with E-state index in [2.05, 4.69) is 33.6 Å². The van der Waals surface area contributed by atoms with Crippen LogP contribution in [0.15, 0.2) is 78.9 Å². The number of nitrogens with zero attached hydrogens (tertiary/aromatic N) is 2. The second-order valence-electron chi connectivity index (χ2n) is 7.73. The minimum atomic E-state index is -0.592. The van der Waals surface area contributed by atoms with E-state index in [9.17, 15) is 4.79 Å². The number of anilines is 1. The van der Waals surface area contributed by atoms with E-state index in [1.165, 1.54) is 0 Å². The van der Waals surface area contributed by atoms with Gasteiger partial charge in [-0.15, -0.1) is 11.8 Å². The number of aromatic nitrogens is 2. The van der Waals surface area contributed by atoms with Crippen molar-refractivity contribution < 1.29 is 9.53 Å². The number of carbonyl (C=O) groups is 1. The van der Waals surface area contributed by atoms with Crippen LogP contribution in [0.4, 0.5) is 5.95 Å². The largest absolute Gasteiger partial charge is 0.485 e. The molecule has 1 spiro atoms. The molecule has 6 rings (SSSR count). The van der Waals surface area contributed by atoms with Crippen LogP contribution in [-0.4, -0.2) is 26.6 Å². The van der Waals surface area contributed by atoms with E-state index in [0.29, 0.717) is 18.1 Å². The van der Waals surface area contributed by atoms with Crippen LogP contribution in [0, 0.1) is 0 Å². The number of ether oxygens (including phenoxy) is 1. The number of nitrogens with one attached hydrogen (secondary N) is 2. The number of imidazole rings is 1. The lowest BCUT2D eigenvalue weighted by Crippen LogP contribution is -2.49. The molecule has 3 heterocycles. The Hall–Kier alpha value is -3.45. The SMILES string of the molecule is O=C1CSC2(CC(c3ccccc3)Oc3ccccc32)N1Nc1nc2ccccc2[nH]1. The molecule has 0 saturated carbocycles. The number of hydrogen-bond donors (Lipinski definition) is 2. The Bertz CT molecular complexity index is 1240. The van der Waals surface area contributed by atoms with Crippen LogP contribution in [0.3, 0.4) is 0 Å². The fourth-order valence-corrected chi connectivity index (χ4v) is 5.79. The van der Waals surface area contributed by atoms with Crippen molar-refractivity contribution in [3.05, 3.63) is 90.0 Å². The lowest BCUT2D eigenvalue weighted by molar-refractivity contribution is -0.129. The Labute approximate surface area is 183 Å². The summed E-state index contributed by atoms with van der Waals surface area (Å²) in [6.07, 6.45) is 0.479. The Morgan fingerprint density at radius 3 is 2.68 bits per heavy atom. The highest BCUT2D eigenvalue weighted by Gasteiger charge is 2.53. The van der Waals surface area contributed by atoms with Crippen LogP contribution in [0.25, 0.3) is 11.0 Å². The molecular formula is C24H20N4O2S. The predicted octanol–water partition coefficient (Wildman–Crippen LogP) is 4.84. The summed E-state index contributed by atoms with van der Waals surface area (Å²) in [7, 11) is 0. The molecule has 0 bridgehead atoms. The Morgan fingerprint density at radius 2 is 1.81 bits per heavy atom. The maximum absolute atomic E-state index is 13.1. The molecule has 0 radical (unpaired) electrons. The predicted molar refractivity (Wildman–Crippen MR) is 122 cm³/mol. The van der Waals surface area contributed by atoms with E-state index < -0.39 is 4.87 Å². The van der Waals surface area contributed by atoms with Crippen molar-refractivity contribution in [3.8, 4) is 5.75 Å². The molecule has 7 heteroatoms. The summed E-state index contributed by atoms with van der Waals surface area (Å²) < 4.78 is 6.38. The quantitative estimate of drug-likeness (QED) is 0.489. The van der Waals surface area contributed by atoms with Crippen molar-refractivity contribution in [2.75, 3.05) is 11.2 Å². The lowest BCUT2D eigenvalue weighted by Gasteiger charge is -2.44. The van der Waals surface area contributed by atoms with Gasteiger partial charge in [-0.05, 0) is 23.8 Å². The summed E-state index contributed by atoms with van der Waals surface area (Å²) in [6.45, 7) is 0. The van der Waals surface area contributed by atoms with E-state index in [1.54, 1.807) is 16.8 Å². The maximum atomic E-state index is 13.1. The fraction of sp³-hybridized carbons (Fsp3) is 0.167. The molecule has 1 amide bonds. The molecular weight excluding hydrogens is 408 g/mol. The van der Waals surface area contributed by atoms with Crippen LogP contribution >= 0.6 is 11.8 Å². The molecule has 1 saturated heterocycles. The van der Waals surface area contributed by atoms with Gasteiger partial charge in [0.05, 0.1) is 16.8 Å². The summed E-state index contributed by atoms with van der Waals surface area (Å²) in [5, 5.41) is 1.74. The van der Waals surface area contributed by atoms with Crippen LogP contribution in [0.2, 0.25) is 0 Å². The van der Waals surface area contributed by atoms with Crippen molar-refractivity contribution in [2.45, 2.75) is 17.4 Å². The van der Waals surface area contributed by atoms with E-state index in [1.807, 2.05) is 60.7 Å². The van der Waals surface area contributed by atoms with E-state index in [-0.39, 0.29) is 12.0 Å². The first-order valence-electron chi connectivity index (χ1n) is 10.2. The monoisotopic (exact) mass is 428 g/mol. The first-order valence-corrected chi connectivity index (χ1v) is 11.2. The van der Waals surface area contributed by atoms with Crippen LogP contribution in [-0.2, 0) is 9.67 Å². The third-order valence-corrected chi connectivity index (χ3v) is 7.30. The van der Waals surface area contributed by atoms with Crippen molar-refractivity contribution in [1.29, 1.82) is 0 Å². The molecule has 2 aliphatic heterocycles. The normalized spacial score (nSPS) is 22.5. The first kappa shape index (κ1) is 18.3. The molecule has 1 aromatic heterocycles. The number of aromatic amines is 1. The molecule has 154 valence electrons. The fourth-order valence-electron chi connectivity index (χ4n) is 4.43. The molecule has 3 aromatic carbocycles. The number of benzene rings is 3. The molecule has 4 aromatic rings. The van der Waals surface area contributed by atoms with Gasteiger partial charge in [-0.3, -0.25) is 10.2 Å². The zero-order valence-corrected chi connectivity index (χ0v) is 17.4. The van der Waals surface area contributed by atoms with Gasteiger partial charge < -0.3 is 9.72 Å². The summed E-state index contributed by atoms with van der Waals surface area (Å²) in [5.74, 6) is 1.77. The van der Waals surface area contributed by atoms with Crippen molar-refractivity contribution in [2.24, 2.45) is 0 Å². The Morgan fingerprint density at radius 1 is 1.03 bits per heavy atom. The van der Waals surface area contributed by atoms with Crippen LogP contribution in [0.1, 0.15) is 23.7 Å². The molecule has 31 heavy (non-hydrogen) atoms. The maximum Gasteiger partial charge on any atom is 0.252 e. The third kappa shape index (κ3) is 2.96. The van der Waals surface area contributed by atoms with Gasteiger partial charge in [0, 0.05) is 12.0 Å². The number of para-hydroxylation sites is 3. The molecule has 2 unspecified atom stereocenters. The number of hydrogen-bond acceptors (Lipinski definition) is 5. The average molecular weight is 429 g/mol. The Balaban J connectivity index is 1.43. The number of carbonyl (C=O) groups excluding carboxylic acids is 1. The van der Waals surface area contributed by atoms with Crippen molar-refractivity contribution in [1.82, 2.24) is 15.0 Å². The van der Waals surface area contributed by atoms with Crippen molar-refractivity contribution >= 4 is 34.7 Å². The second kappa shape index (κ2) is 7.06. The Kier molecular flexibility index (Phi) is 4.17. The standard InChI is InChI=1S/C24H20N4O2S/c29-22-15-31-24(28(22)27-23-25-18-11-5-6-12-19(18)26-23)14-21(16-8-2-1-3-9-16)30-20-13-7-4-10-17(20)24/h1-13,21H,14-15H2,(H2,25,26,27). The minimum absolute atomic E-state index is 0.0222. The number of rotatable bonds is 3. The minimum Gasteiger partial charge on any atom is -0.485 e. The summed E-state index contributed by atoms with van der Waals surface area (Å²) in [6, 6.07) is 26.0. The van der Waals surface area contributed by atoms with Gasteiger partial charge in [-0.2, -0.15) is 0 Å². The number of fused-ring (bicyclic) bond motifs is 3.